The monoisotopic (exact) mass is 263 g/mol. The van der Waals surface area contributed by atoms with E-state index in [1.165, 1.54) is 5.56 Å². The summed E-state index contributed by atoms with van der Waals surface area (Å²) in [5.74, 6) is -0.754. The second kappa shape index (κ2) is 6.71. The molecule has 106 valence electrons. The van der Waals surface area contributed by atoms with E-state index < -0.39 is 11.5 Å². The molecule has 19 heavy (non-hydrogen) atoms. The lowest BCUT2D eigenvalue weighted by molar-refractivity contribution is -0.150. The van der Waals surface area contributed by atoms with Crippen molar-refractivity contribution in [3.63, 3.8) is 0 Å². The summed E-state index contributed by atoms with van der Waals surface area (Å²) in [5.41, 5.74) is 1.52. The highest BCUT2D eigenvalue weighted by atomic mass is 16.4. The zero-order valence-corrected chi connectivity index (χ0v) is 12.4. The second-order valence-corrected chi connectivity index (χ2v) is 5.10. The predicted octanol–water partition coefficient (Wildman–Crippen LogP) is 2.98. The molecule has 0 bridgehead atoms. The SMILES string of the molecule is CCc1ccc(CC(C)(C(=O)O)N(CC)CC)cc1. The molecular formula is C16H25NO2. The molecule has 0 saturated heterocycles. The quantitative estimate of drug-likeness (QED) is 0.822. The Morgan fingerprint density at radius 3 is 1.95 bits per heavy atom. The van der Waals surface area contributed by atoms with Gasteiger partial charge in [0.15, 0.2) is 0 Å². The van der Waals surface area contributed by atoms with Crippen LogP contribution < -0.4 is 0 Å². The maximum atomic E-state index is 11.7. The van der Waals surface area contributed by atoms with Crippen molar-refractivity contribution in [1.29, 1.82) is 0 Å². The largest absolute Gasteiger partial charge is 0.480 e. The number of carboxylic acids is 1. The summed E-state index contributed by atoms with van der Waals surface area (Å²) in [7, 11) is 0. The van der Waals surface area contributed by atoms with Gasteiger partial charge in [-0.25, -0.2) is 0 Å². The molecule has 3 nitrogen and oxygen atoms in total. The van der Waals surface area contributed by atoms with Crippen LogP contribution >= 0.6 is 0 Å². The minimum Gasteiger partial charge on any atom is -0.480 e. The fourth-order valence-corrected chi connectivity index (χ4v) is 2.53. The molecule has 0 aliphatic carbocycles. The van der Waals surface area contributed by atoms with E-state index in [1.807, 2.05) is 37.8 Å². The Labute approximate surface area is 116 Å². The summed E-state index contributed by atoms with van der Waals surface area (Å²) in [4.78, 5) is 13.7. The number of hydrogen-bond donors (Lipinski definition) is 1. The van der Waals surface area contributed by atoms with Gasteiger partial charge in [0.1, 0.15) is 5.54 Å². The predicted molar refractivity (Wildman–Crippen MR) is 78.5 cm³/mol. The lowest BCUT2D eigenvalue weighted by Gasteiger charge is -2.36. The van der Waals surface area contributed by atoms with Crippen LogP contribution in [-0.2, 0) is 17.6 Å². The number of benzene rings is 1. The van der Waals surface area contributed by atoms with Crippen LogP contribution in [0.5, 0.6) is 0 Å². The van der Waals surface area contributed by atoms with E-state index in [9.17, 15) is 9.90 Å². The van der Waals surface area contributed by atoms with Crippen LogP contribution in [0.3, 0.4) is 0 Å². The summed E-state index contributed by atoms with van der Waals surface area (Å²) in [6.07, 6.45) is 1.54. The van der Waals surface area contributed by atoms with E-state index in [0.29, 0.717) is 6.42 Å². The average molecular weight is 263 g/mol. The smallest absolute Gasteiger partial charge is 0.324 e. The number of rotatable bonds is 7. The number of carboxylic acid groups (broad SMARTS) is 1. The minimum atomic E-state index is -0.836. The standard InChI is InChI=1S/C16H25NO2/c1-5-13-8-10-14(11-9-13)12-16(4,15(18)19)17(6-2)7-3/h8-11H,5-7,12H2,1-4H3,(H,18,19). The van der Waals surface area contributed by atoms with Crippen molar-refractivity contribution in [2.24, 2.45) is 0 Å². The second-order valence-electron chi connectivity index (χ2n) is 5.10. The molecule has 1 N–H and O–H groups in total. The van der Waals surface area contributed by atoms with Crippen LogP contribution in [0.2, 0.25) is 0 Å². The number of likely N-dealkylation sites (N-methyl/N-ethyl adjacent to an activating group) is 1. The molecule has 0 saturated carbocycles. The van der Waals surface area contributed by atoms with Crippen LogP contribution in [0.1, 0.15) is 38.8 Å². The molecule has 0 aliphatic rings. The van der Waals surface area contributed by atoms with Crippen LogP contribution in [0, 0.1) is 0 Å². The topological polar surface area (TPSA) is 40.5 Å². The van der Waals surface area contributed by atoms with Gasteiger partial charge in [-0.3, -0.25) is 9.69 Å². The lowest BCUT2D eigenvalue weighted by Crippen LogP contribution is -2.53. The molecule has 0 heterocycles. The molecule has 1 unspecified atom stereocenters. The van der Waals surface area contributed by atoms with Crippen molar-refractivity contribution in [2.45, 2.75) is 46.1 Å². The normalized spacial score (nSPS) is 14.4. The van der Waals surface area contributed by atoms with E-state index in [1.54, 1.807) is 0 Å². The first-order valence-corrected chi connectivity index (χ1v) is 7.04. The third kappa shape index (κ3) is 3.57. The van der Waals surface area contributed by atoms with E-state index in [4.69, 9.17) is 0 Å². The summed E-state index contributed by atoms with van der Waals surface area (Å²) in [5, 5.41) is 9.59. The molecule has 0 spiro atoms. The molecule has 0 aliphatic heterocycles. The van der Waals surface area contributed by atoms with Crippen LogP contribution in [0.25, 0.3) is 0 Å². The van der Waals surface area contributed by atoms with Crippen molar-refractivity contribution in [2.75, 3.05) is 13.1 Å². The molecule has 1 aromatic rings. The highest BCUT2D eigenvalue weighted by molar-refractivity contribution is 5.78. The fourth-order valence-electron chi connectivity index (χ4n) is 2.53. The maximum Gasteiger partial charge on any atom is 0.324 e. The first kappa shape index (κ1) is 15.7. The molecule has 0 amide bonds. The van der Waals surface area contributed by atoms with Crippen LogP contribution in [-0.4, -0.2) is 34.6 Å². The Hall–Kier alpha value is -1.35. The minimum absolute atomic E-state index is 0.536. The van der Waals surface area contributed by atoms with Crippen molar-refractivity contribution < 1.29 is 9.90 Å². The van der Waals surface area contributed by atoms with Crippen molar-refractivity contribution >= 4 is 5.97 Å². The zero-order chi connectivity index (χ0) is 14.5. The molecular weight excluding hydrogens is 238 g/mol. The van der Waals surface area contributed by atoms with Crippen LogP contribution in [0.4, 0.5) is 0 Å². The van der Waals surface area contributed by atoms with E-state index in [-0.39, 0.29) is 0 Å². The van der Waals surface area contributed by atoms with Gasteiger partial charge in [-0.2, -0.15) is 0 Å². The van der Waals surface area contributed by atoms with Gasteiger partial charge in [-0.05, 0) is 37.6 Å². The summed E-state index contributed by atoms with van der Waals surface area (Å²) >= 11 is 0. The van der Waals surface area contributed by atoms with Gasteiger partial charge in [0.25, 0.3) is 0 Å². The number of nitrogens with zero attached hydrogens (tertiary/aromatic N) is 1. The third-order valence-corrected chi connectivity index (χ3v) is 3.90. The molecule has 0 radical (unpaired) electrons. The highest BCUT2D eigenvalue weighted by Crippen LogP contribution is 2.22. The fraction of sp³-hybridized carbons (Fsp3) is 0.562. The number of aliphatic carboxylic acids is 1. The summed E-state index contributed by atoms with van der Waals surface area (Å²) < 4.78 is 0. The van der Waals surface area contributed by atoms with Gasteiger partial charge in [0, 0.05) is 6.42 Å². The zero-order valence-electron chi connectivity index (χ0n) is 12.4. The Morgan fingerprint density at radius 2 is 1.58 bits per heavy atom. The van der Waals surface area contributed by atoms with Crippen molar-refractivity contribution in [3.8, 4) is 0 Å². The van der Waals surface area contributed by atoms with E-state index in [2.05, 4.69) is 19.1 Å². The molecule has 1 aromatic carbocycles. The lowest BCUT2D eigenvalue weighted by atomic mass is 9.90. The van der Waals surface area contributed by atoms with Crippen molar-refractivity contribution in [1.82, 2.24) is 4.90 Å². The Morgan fingerprint density at radius 1 is 1.11 bits per heavy atom. The van der Waals surface area contributed by atoms with Gasteiger partial charge >= 0.3 is 5.97 Å². The first-order valence-electron chi connectivity index (χ1n) is 7.04. The van der Waals surface area contributed by atoms with Crippen LogP contribution in [0.15, 0.2) is 24.3 Å². The van der Waals surface area contributed by atoms with Crippen molar-refractivity contribution in [3.05, 3.63) is 35.4 Å². The van der Waals surface area contributed by atoms with Gasteiger partial charge in [0.05, 0.1) is 0 Å². The first-order chi connectivity index (χ1) is 8.97. The van der Waals surface area contributed by atoms with Gasteiger partial charge in [-0.1, -0.05) is 45.0 Å². The molecule has 0 fully saturated rings. The van der Waals surface area contributed by atoms with E-state index in [0.717, 1.165) is 25.1 Å². The average Bonchev–Trinajstić information content (AvgIpc) is 2.40. The molecule has 0 aromatic heterocycles. The Kier molecular flexibility index (Phi) is 5.55. The molecule has 1 rings (SSSR count). The van der Waals surface area contributed by atoms with Gasteiger partial charge in [-0.15, -0.1) is 0 Å². The summed E-state index contributed by atoms with van der Waals surface area (Å²) in [6, 6.07) is 8.26. The number of carbonyl (C=O) groups is 1. The highest BCUT2D eigenvalue weighted by Gasteiger charge is 2.38. The Balaban J connectivity index is 2.97. The van der Waals surface area contributed by atoms with Gasteiger partial charge < -0.3 is 5.11 Å². The number of hydrogen-bond acceptors (Lipinski definition) is 2. The molecule has 3 heteroatoms. The van der Waals surface area contributed by atoms with E-state index >= 15 is 0 Å². The summed E-state index contributed by atoms with van der Waals surface area (Å²) in [6.45, 7) is 9.43. The maximum absolute atomic E-state index is 11.7. The number of aryl methyl sites for hydroxylation is 1. The Bertz CT molecular complexity index is 409. The third-order valence-electron chi connectivity index (χ3n) is 3.90. The molecule has 1 atom stereocenters. The van der Waals surface area contributed by atoms with Gasteiger partial charge in [0.2, 0.25) is 0 Å².